The molecule has 1 aliphatic rings. The van der Waals surface area contributed by atoms with E-state index >= 15 is 0 Å². The van der Waals surface area contributed by atoms with E-state index in [9.17, 15) is 4.79 Å². The van der Waals surface area contributed by atoms with Crippen LogP contribution in [0.2, 0.25) is 0 Å². The van der Waals surface area contributed by atoms with Crippen LogP contribution in [0.15, 0.2) is 43.6 Å². The highest BCUT2D eigenvalue weighted by Gasteiger charge is 2.27. The van der Waals surface area contributed by atoms with Gasteiger partial charge in [0.25, 0.3) is 5.91 Å². The van der Waals surface area contributed by atoms with Crippen LogP contribution in [0.1, 0.15) is 46.5 Å². The van der Waals surface area contributed by atoms with Crippen LogP contribution in [0, 0.1) is 13.8 Å². The monoisotopic (exact) mass is 466 g/mol. The van der Waals surface area contributed by atoms with Gasteiger partial charge >= 0.3 is 0 Å². The number of carbonyl (C=O) groups is 1. The van der Waals surface area contributed by atoms with E-state index < -0.39 is 0 Å². The lowest BCUT2D eigenvalue weighted by Gasteiger charge is -2.25. The molecule has 0 saturated carbocycles. The second-order valence-corrected chi connectivity index (χ2v) is 8.03. The zero-order valence-electron chi connectivity index (χ0n) is 16.0. The Labute approximate surface area is 179 Å². The molecule has 0 radical (unpaired) electrons. The maximum atomic E-state index is 12.8. The van der Waals surface area contributed by atoms with E-state index in [1.165, 1.54) is 12.8 Å². The standard InChI is InChI=1S/C21H23BrN2O3.ClH/c1-13-5-8-18(26-13)17(24-9-3-4-10-24)12-23-21(25)20-14(2)16-7-6-15(22)11-19(16)27-20;/h5-8,11,17H,3-4,9-10,12H2,1-2H3,(H,23,25);1H. The molecule has 4 rings (SSSR count). The van der Waals surface area contributed by atoms with Gasteiger partial charge in [0, 0.05) is 22.0 Å². The Morgan fingerprint density at radius 1 is 1.18 bits per heavy atom. The fourth-order valence-corrected chi connectivity index (χ4v) is 4.12. The van der Waals surface area contributed by atoms with E-state index in [1.54, 1.807) is 0 Å². The minimum Gasteiger partial charge on any atom is -0.465 e. The molecule has 5 nitrogen and oxygen atoms in total. The van der Waals surface area contributed by atoms with Gasteiger partial charge in [-0.1, -0.05) is 15.9 Å². The first kappa shape index (κ1) is 21.0. The first-order valence-electron chi connectivity index (χ1n) is 9.30. The van der Waals surface area contributed by atoms with Gasteiger partial charge < -0.3 is 14.2 Å². The van der Waals surface area contributed by atoms with Crippen molar-refractivity contribution in [1.82, 2.24) is 10.2 Å². The third-order valence-electron chi connectivity index (χ3n) is 5.23. The number of nitrogens with zero attached hydrogens (tertiary/aromatic N) is 1. The van der Waals surface area contributed by atoms with Crippen LogP contribution >= 0.6 is 28.3 Å². The molecule has 1 saturated heterocycles. The van der Waals surface area contributed by atoms with Crippen molar-refractivity contribution in [3.8, 4) is 0 Å². The molecule has 2 aromatic heterocycles. The number of benzene rings is 1. The fourth-order valence-electron chi connectivity index (χ4n) is 3.78. The molecule has 0 bridgehead atoms. The summed E-state index contributed by atoms with van der Waals surface area (Å²) >= 11 is 3.44. The second kappa shape index (κ2) is 8.72. The van der Waals surface area contributed by atoms with E-state index in [0.29, 0.717) is 17.9 Å². The SMILES string of the molecule is Cc1ccc(C(CNC(=O)c2oc3cc(Br)ccc3c2C)N2CCCC2)o1.Cl. The largest absolute Gasteiger partial charge is 0.465 e. The Bertz CT molecular complexity index is 975. The van der Waals surface area contributed by atoms with Crippen molar-refractivity contribution in [2.45, 2.75) is 32.7 Å². The lowest BCUT2D eigenvalue weighted by atomic mass is 10.1. The number of likely N-dealkylation sites (tertiary alicyclic amines) is 1. The third kappa shape index (κ3) is 4.14. The number of hydrogen-bond donors (Lipinski definition) is 1. The number of fused-ring (bicyclic) bond motifs is 1. The number of amides is 1. The molecule has 1 N–H and O–H groups in total. The Morgan fingerprint density at radius 3 is 2.61 bits per heavy atom. The highest BCUT2D eigenvalue weighted by atomic mass is 79.9. The van der Waals surface area contributed by atoms with Crippen LogP contribution in [0.5, 0.6) is 0 Å². The van der Waals surface area contributed by atoms with E-state index in [2.05, 4.69) is 26.1 Å². The van der Waals surface area contributed by atoms with Gasteiger partial charge in [0.2, 0.25) is 0 Å². The average Bonchev–Trinajstić information content (AvgIpc) is 3.37. The Hall–Kier alpha value is -1.76. The molecule has 3 aromatic rings. The van der Waals surface area contributed by atoms with Crippen LogP contribution < -0.4 is 5.32 Å². The van der Waals surface area contributed by atoms with Gasteiger partial charge in [-0.05, 0) is 70.1 Å². The first-order chi connectivity index (χ1) is 13.0. The number of aryl methyl sites for hydroxylation is 2. The highest BCUT2D eigenvalue weighted by molar-refractivity contribution is 9.10. The summed E-state index contributed by atoms with van der Waals surface area (Å²) in [6.45, 7) is 6.41. The van der Waals surface area contributed by atoms with Gasteiger partial charge in [-0.15, -0.1) is 12.4 Å². The molecule has 7 heteroatoms. The minimum absolute atomic E-state index is 0. The second-order valence-electron chi connectivity index (χ2n) is 7.11. The van der Waals surface area contributed by atoms with Gasteiger partial charge in [0.1, 0.15) is 17.1 Å². The van der Waals surface area contributed by atoms with Crippen LogP contribution in [0.4, 0.5) is 0 Å². The number of carbonyl (C=O) groups excluding carboxylic acids is 1. The summed E-state index contributed by atoms with van der Waals surface area (Å²) in [5.74, 6) is 1.98. The number of rotatable bonds is 5. The molecular formula is C21H24BrClN2O3. The van der Waals surface area contributed by atoms with E-state index in [0.717, 1.165) is 40.0 Å². The van der Waals surface area contributed by atoms with Crippen molar-refractivity contribution in [2.75, 3.05) is 19.6 Å². The van der Waals surface area contributed by atoms with Crippen LogP contribution in [-0.4, -0.2) is 30.4 Å². The van der Waals surface area contributed by atoms with E-state index in [1.807, 2.05) is 44.2 Å². The summed E-state index contributed by atoms with van der Waals surface area (Å²) in [4.78, 5) is 15.2. The molecule has 0 spiro atoms. The molecule has 1 unspecified atom stereocenters. The van der Waals surface area contributed by atoms with Gasteiger partial charge in [-0.3, -0.25) is 9.69 Å². The normalized spacial score (nSPS) is 15.5. The van der Waals surface area contributed by atoms with Crippen molar-refractivity contribution >= 4 is 45.2 Å². The molecular weight excluding hydrogens is 444 g/mol. The third-order valence-corrected chi connectivity index (χ3v) is 5.73. The summed E-state index contributed by atoms with van der Waals surface area (Å²) in [7, 11) is 0. The fraction of sp³-hybridized carbons (Fsp3) is 0.381. The average molecular weight is 468 g/mol. The maximum absolute atomic E-state index is 12.8. The summed E-state index contributed by atoms with van der Waals surface area (Å²) < 4.78 is 12.6. The predicted octanol–water partition coefficient (Wildman–Crippen LogP) is 5.39. The Balaban J connectivity index is 0.00000225. The Morgan fingerprint density at radius 2 is 1.93 bits per heavy atom. The van der Waals surface area contributed by atoms with Crippen molar-refractivity contribution < 1.29 is 13.6 Å². The van der Waals surface area contributed by atoms with Gasteiger partial charge in [0.15, 0.2) is 5.76 Å². The first-order valence-corrected chi connectivity index (χ1v) is 10.1. The van der Waals surface area contributed by atoms with Crippen molar-refractivity contribution in [1.29, 1.82) is 0 Å². The lowest BCUT2D eigenvalue weighted by molar-refractivity contribution is 0.0907. The molecule has 1 amide bonds. The number of nitrogens with one attached hydrogen (secondary N) is 1. The number of furan rings is 2. The lowest BCUT2D eigenvalue weighted by Crippen LogP contribution is -2.36. The minimum atomic E-state index is -0.188. The van der Waals surface area contributed by atoms with Crippen LogP contribution in [0.3, 0.4) is 0 Å². The summed E-state index contributed by atoms with van der Waals surface area (Å²) in [6, 6.07) is 9.83. The van der Waals surface area contributed by atoms with Gasteiger partial charge in [-0.25, -0.2) is 0 Å². The smallest absolute Gasteiger partial charge is 0.287 e. The molecule has 1 aromatic carbocycles. The predicted molar refractivity (Wildman–Crippen MR) is 115 cm³/mol. The molecule has 28 heavy (non-hydrogen) atoms. The summed E-state index contributed by atoms with van der Waals surface area (Å²) in [5, 5.41) is 4.01. The quantitative estimate of drug-likeness (QED) is 0.546. The van der Waals surface area contributed by atoms with Gasteiger partial charge in [0.05, 0.1) is 6.04 Å². The molecule has 1 atom stereocenters. The van der Waals surface area contributed by atoms with Crippen LogP contribution in [-0.2, 0) is 0 Å². The van der Waals surface area contributed by atoms with Crippen molar-refractivity contribution in [3.05, 3.63) is 57.6 Å². The molecule has 1 aliphatic heterocycles. The summed E-state index contributed by atoms with van der Waals surface area (Å²) in [5.41, 5.74) is 1.58. The van der Waals surface area contributed by atoms with Crippen molar-refractivity contribution in [2.24, 2.45) is 0 Å². The molecule has 3 heterocycles. The zero-order chi connectivity index (χ0) is 19.0. The molecule has 1 fully saturated rings. The topological polar surface area (TPSA) is 58.6 Å². The zero-order valence-corrected chi connectivity index (χ0v) is 18.4. The number of hydrogen-bond acceptors (Lipinski definition) is 4. The van der Waals surface area contributed by atoms with E-state index in [4.69, 9.17) is 8.83 Å². The van der Waals surface area contributed by atoms with Gasteiger partial charge in [-0.2, -0.15) is 0 Å². The van der Waals surface area contributed by atoms with Crippen molar-refractivity contribution in [3.63, 3.8) is 0 Å². The maximum Gasteiger partial charge on any atom is 0.287 e. The van der Waals surface area contributed by atoms with Crippen LogP contribution in [0.25, 0.3) is 11.0 Å². The highest BCUT2D eigenvalue weighted by Crippen LogP contribution is 2.29. The Kier molecular flexibility index (Phi) is 6.53. The number of halogens is 2. The molecule has 150 valence electrons. The summed E-state index contributed by atoms with van der Waals surface area (Å²) in [6.07, 6.45) is 2.36. The van der Waals surface area contributed by atoms with E-state index in [-0.39, 0.29) is 24.4 Å². The molecule has 0 aliphatic carbocycles.